The van der Waals surface area contributed by atoms with Crippen LogP contribution in [0.4, 0.5) is 10.5 Å². The van der Waals surface area contributed by atoms with Crippen LogP contribution in [-0.2, 0) is 6.42 Å². The standard InChI is InChI=1S/C23H25ClN4O3/c1-15(2)13-26-21(29)19-9-8-17(12-20(19)24)28-23(30)25-11-10-18-14-31-22(27-18)16-6-4-3-5-7-16/h3-9,12,14-15H,10-11,13H2,1-2H3,(H,26,29)(H2,25,28,30). The lowest BCUT2D eigenvalue weighted by Crippen LogP contribution is -2.30. The third kappa shape index (κ3) is 6.58. The van der Waals surface area contributed by atoms with Gasteiger partial charge in [0.15, 0.2) is 0 Å². The van der Waals surface area contributed by atoms with Crippen LogP contribution in [0.25, 0.3) is 11.5 Å². The van der Waals surface area contributed by atoms with Gasteiger partial charge in [-0.15, -0.1) is 0 Å². The molecule has 0 fully saturated rings. The summed E-state index contributed by atoms with van der Waals surface area (Å²) >= 11 is 6.21. The summed E-state index contributed by atoms with van der Waals surface area (Å²) in [5, 5.41) is 8.56. The van der Waals surface area contributed by atoms with Crippen molar-refractivity contribution in [3.05, 3.63) is 71.1 Å². The van der Waals surface area contributed by atoms with E-state index in [1.165, 1.54) is 0 Å². The van der Waals surface area contributed by atoms with Crippen LogP contribution in [0.2, 0.25) is 5.02 Å². The first-order valence-corrected chi connectivity index (χ1v) is 10.4. The number of anilines is 1. The van der Waals surface area contributed by atoms with E-state index < -0.39 is 0 Å². The molecule has 1 heterocycles. The molecule has 3 N–H and O–H groups in total. The van der Waals surface area contributed by atoms with Gasteiger partial charge in [0, 0.05) is 30.8 Å². The molecular weight excluding hydrogens is 416 g/mol. The van der Waals surface area contributed by atoms with E-state index in [0.717, 1.165) is 11.3 Å². The normalized spacial score (nSPS) is 10.7. The van der Waals surface area contributed by atoms with E-state index in [-0.39, 0.29) is 17.0 Å². The van der Waals surface area contributed by atoms with Gasteiger partial charge in [0.05, 0.1) is 16.3 Å². The Morgan fingerprint density at radius 1 is 1.10 bits per heavy atom. The number of carbonyl (C=O) groups excluding carboxylic acids is 2. The predicted molar refractivity (Wildman–Crippen MR) is 121 cm³/mol. The Hall–Kier alpha value is -3.32. The minimum atomic E-state index is -0.375. The van der Waals surface area contributed by atoms with Crippen LogP contribution in [0.1, 0.15) is 29.9 Å². The summed E-state index contributed by atoms with van der Waals surface area (Å²) in [6.07, 6.45) is 2.12. The van der Waals surface area contributed by atoms with E-state index in [1.54, 1.807) is 24.5 Å². The van der Waals surface area contributed by atoms with Crippen LogP contribution < -0.4 is 16.0 Å². The Labute approximate surface area is 186 Å². The molecular formula is C23H25ClN4O3. The summed E-state index contributed by atoms with van der Waals surface area (Å²) < 4.78 is 5.49. The number of hydrogen-bond donors (Lipinski definition) is 3. The molecule has 0 bridgehead atoms. The maximum Gasteiger partial charge on any atom is 0.319 e. The fraction of sp³-hybridized carbons (Fsp3) is 0.261. The zero-order chi connectivity index (χ0) is 22.2. The highest BCUT2D eigenvalue weighted by atomic mass is 35.5. The van der Waals surface area contributed by atoms with Crippen molar-refractivity contribution >= 4 is 29.2 Å². The molecule has 31 heavy (non-hydrogen) atoms. The van der Waals surface area contributed by atoms with E-state index in [9.17, 15) is 9.59 Å². The number of rotatable bonds is 8. The first-order chi connectivity index (χ1) is 14.9. The number of aromatic nitrogens is 1. The number of oxazole rings is 1. The van der Waals surface area contributed by atoms with Gasteiger partial charge in [0.1, 0.15) is 6.26 Å². The van der Waals surface area contributed by atoms with Gasteiger partial charge in [-0.1, -0.05) is 43.6 Å². The van der Waals surface area contributed by atoms with Crippen molar-refractivity contribution in [2.24, 2.45) is 5.92 Å². The number of benzene rings is 2. The van der Waals surface area contributed by atoms with Crippen molar-refractivity contribution < 1.29 is 14.0 Å². The highest BCUT2D eigenvalue weighted by molar-refractivity contribution is 6.34. The van der Waals surface area contributed by atoms with Gasteiger partial charge >= 0.3 is 6.03 Å². The van der Waals surface area contributed by atoms with E-state index >= 15 is 0 Å². The Bertz CT molecular complexity index is 1030. The lowest BCUT2D eigenvalue weighted by molar-refractivity contribution is 0.0949. The fourth-order valence-electron chi connectivity index (χ4n) is 2.78. The molecule has 0 saturated heterocycles. The van der Waals surface area contributed by atoms with Crippen LogP contribution in [0.3, 0.4) is 0 Å². The molecule has 0 saturated carbocycles. The quantitative estimate of drug-likeness (QED) is 0.471. The molecule has 0 unspecified atom stereocenters. The number of nitrogens with zero attached hydrogens (tertiary/aromatic N) is 1. The molecule has 3 aromatic rings. The zero-order valence-corrected chi connectivity index (χ0v) is 18.2. The summed E-state index contributed by atoms with van der Waals surface area (Å²) in [6.45, 7) is 4.97. The first-order valence-electron chi connectivity index (χ1n) is 10.0. The van der Waals surface area contributed by atoms with Crippen molar-refractivity contribution in [1.29, 1.82) is 0 Å². The Morgan fingerprint density at radius 2 is 1.87 bits per heavy atom. The largest absolute Gasteiger partial charge is 0.444 e. The van der Waals surface area contributed by atoms with Crippen LogP contribution in [0.5, 0.6) is 0 Å². The second-order valence-electron chi connectivity index (χ2n) is 7.44. The Morgan fingerprint density at radius 3 is 2.58 bits per heavy atom. The van der Waals surface area contributed by atoms with Crippen LogP contribution in [0, 0.1) is 5.92 Å². The molecule has 0 aliphatic rings. The number of urea groups is 1. The number of hydrogen-bond acceptors (Lipinski definition) is 4. The fourth-order valence-corrected chi connectivity index (χ4v) is 3.05. The molecule has 0 aliphatic carbocycles. The molecule has 3 rings (SSSR count). The van der Waals surface area contributed by atoms with Gasteiger partial charge in [0.2, 0.25) is 5.89 Å². The van der Waals surface area contributed by atoms with Crippen LogP contribution >= 0.6 is 11.6 Å². The molecule has 162 valence electrons. The molecule has 3 amide bonds. The number of nitrogens with one attached hydrogen (secondary N) is 3. The number of carbonyl (C=O) groups is 2. The lowest BCUT2D eigenvalue weighted by atomic mass is 10.1. The summed E-state index contributed by atoms with van der Waals surface area (Å²) in [4.78, 5) is 28.7. The van der Waals surface area contributed by atoms with E-state index in [0.29, 0.717) is 42.6 Å². The van der Waals surface area contributed by atoms with Crippen molar-refractivity contribution in [2.45, 2.75) is 20.3 Å². The second-order valence-corrected chi connectivity index (χ2v) is 7.85. The van der Waals surface area contributed by atoms with Gasteiger partial charge in [-0.2, -0.15) is 0 Å². The first kappa shape index (κ1) is 22.4. The highest BCUT2D eigenvalue weighted by Gasteiger charge is 2.12. The molecule has 8 heteroatoms. The third-order valence-electron chi connectivity index (χ3n) is 4.38. The Kier molecular flexibility index (Phi) is 7.67. The topological polar surface area (TPSA) is 96.3 Å². The zero-order valence-electron chi connectivity index (χ0n) is 17.4. The molecule has 0 aliphatic heterocycles. The highest BCUT2D eigenvalue weighted by Crippen LogP contribution is 2.21. The van der Waals surface area contributed by atoms with Crippen LogP contribution in [0.15, 0.2) is 59.2 Å². The molecule has 2 aromatic carbocycles. The van der Waals surface area contributed by atoms with Crippen molar-refractivity contribution in [3.8, 4) is 11.5 Å². The molecule has 7 nitrogen and oxygen atoms in total. The molecule has 1 aromatic heterocycles. The molecule has 0 spiro atoms. The average Bonchev–Trinajstić information content (AvgIpc) is 3.21. The maximum absolute atomic E-state index is 12.2. The van der Waals surface area contributed by atoms with Gasteiger partial charge in [0.25, 0.3) is 5.91 Å². The van der Waals surface area contributed by atoms with Gasteiger partial charge in [-0.05, 0) is 36.2 Å². The smallest absolute Gasteiger partial charge is 0.319 e. The van der Waals surface area contributed by atoms with Crippen molar-refractivity contribution in [1.82, 2.24) is 15.6 Å². The summed E-state index contributed by atoms with van der Waals surface area (Å²) in [5.74, 6) is 0.652. The molecule has 0 atom stereocenters. The summed E-state index contributed by atoms with van der Waals surface area (Å²) in [7, 11) is 0. The molecule has 0 radical (unpaired) electrons. The predicted octanol–water partition coefficient (Wildman–Crippen LogP) is 4.75. The van der Waals surface area contributed by atoms with E-state index in [4.69, 9.17) is 16.0 Å². The monoisotopic (exact) mass is 440 g/mol. The van der Waals surface area contributed by atoms with Gasteiger partial charge < -0.3 is 20.4 Å². The third-order valence-corrected chi connectivity index (χ3v) is 4.69. The van der Waals surface area contributed by atoms with Crippen molar-refractivity contribution in [2.75, 3.05) is 18.4 Å². The minimum Gasteiger partial charge on any atom is -0.444 e. The summed E-state index contributed by atoms with van der Waals surface area (Å²) in [5.41, 5.74) is 2.51. The number of halogens is 1. The van der Waals surface area contributed by atoms with E-state index in [1.807, 2.05) is 44.2 Å². The van der Waals surface area contributed by atoms with Crippen LogP contribution in [-0.4, -0.2) is 30.0 Å². The summed E-state index contributed by atoms with van der Waals surface area (Å²) in [6, 6.07) is 14.0. The van der Waals surface area contributed by atoms with Gasteiger partial charge in [-0.3, -0.25) is 4.79 Å². The average molecular weight is 441 g/mol. The maximum atomic E-state index is 12.2. The Balaban J connectivity index is 1.47. The van der Waals surface area contributed by atoms with Gasteiger partial charge in [-0.25, -0.2) is 9.78 Å². The second kappa shape index (κ2) is 10.6. The van der Waals surface area contributed by atoms with E-state index in [2.05, 4.69) is 20.9 Å². The number of amides is 3. The lowest BCUT2D eigenvalue weighted by Gasteiger charge is -2.11. The van der Waals surface area contributed by atoms with Crippen molar-refractivity contribution in [3.63, 3.8) is 0 Å². The SMILES string of the molecule is CC(C)CNC(=O)c1ccc(NC(=O)NCCc2coc(-c3ccccc3)n2)cc1Cl. The minimum absolute atomic E-state index is 0.239.